The number of H-pyrrole nitrogens is 2. The Kier molecular flexibility index (Phi) is 3.20. The number of hydrogen-bond donors (Lipinski definition) is 2. The fourth-order valence-corrected chi connectivity index (χ4v) is 3.09. The first-order valence-corrected chi connectivity index (χ1v) is 7.50. The van der Waals surface area contributed by atoms with Gasteiger partial charge in [-0.3, -0.25) is 4.79 Å². The van der Waals surface area contributed by atoms with Gasteiger partial charge >= 0.3 is 5.97 Å². The van der Waals surface area contributed by atoms with Crippen LogP contribution in [0.2, 0.25) is 0 Å². The molecule has 0 atom stereocenters. The molecule has 0 unspecified atom stereocenters. The van der Waals surface area contributed by atoms with Gasteiger partial charge in [0.1, 0.15) is 0 Å². The van der Waals surface area contributed by atoms with E-state index in [-0.39, 0.29) is 11.1 Å². The summed E-state index contributed by atoms with van der Waals surface area (Å²) in [7, 11) is 1.32. The Balaban J connectivity index is 2.17. The van der Waals surface area contributed by atoms with E-state index in [1.165, 1.54) is 7.11 Å². The highest BCUT2D eigenvalue weighted by Crippen LogP contribution is 2.31. The lowest BCUT2D eigenvalue weighted by atomic mass is 9.97. The molecule has 4 aromatic rings. The number of aromatic amines is 2. The van der Waals surface area contributed by atoms with Gasteiger partial charge in [-0.2, -0.15) is 0 Å². The summed E-state index contributed by atoms with van der Waals surface area (Å²) in [4.78, 5) is 31.2. The van der Waals surface area contributed by atoms with E-state index in [2.05, 4.69) is 9.97 Å². The van der Waals surface area contributed by atoms with Crippen molar-refractivity contribution in [1.29, 1.82) is 0 Å². The maximum Gasteiger partial charge on any atom is 0.339 e. The molecule has 118 valence electrons. The zero-order chi connectivity index (χ0) is 16.7. The van der Waals surface area contributed by atoms with E-state index in [0.717, 1.165) is 10.9 Å². The molecule has 2 aromatic heterocycles. The maximum absolute atomic E-state index is 12.7. The van der Waals surface area contributed by atoms with Gasteiger partial charge in [-0.25, -0.2) is 4.79 Å². The Morgan fingerprint density at radius 2 is 1.62 bits per heavy atom. The molecule has 0 saturated carbocycles. The first-order chi connectivity index (χ1) is 11.7. The SMILES string of the molecule is COC(=O)c1c(-c2c[nH]c3ccccc23)c(=O)[nH]c2ccccc12. The van der Waals surface area contributed by atoms with Crippen molar-refractivity contribution in [2.24, 2.45) is 0 Å². The van der Waals surface area contributed by atoms with Crippen LogP contribution in [0.15, 0.2) is 59.5 Å². The van der Waals surface area contributed by atoms with Crippen LogP contribution in [0.1, 0.15) is 10.4 Å². The monoisotopic (exact) mass is 318 g/mol. The smallest absolute Gasteiger partial charge is 0.339 e. The van der Waals surface area contributed by atoms with Crippen molar-refractivity contribution in [1.82, 2.24) is 9.97 Å². The van der Waals surface area contributed by atoms with Gasteiger partial charge in [-0.1, -0.05) is 36.4 Å². The Labute approximate surface area is 136 Å². The van der Waals surface area contributed by atoms with Gasteiger partial charge in [-0.05, 0) is 12.1 Å². The number of methoxy groups -OCH3 is 1. The van der Waals surface area contributed by atoms with E-state index < -0.39 is 5.97 Å². The quantitative estimate of drug-likeness (QED) is 0.556. The van der Waals surface area contributed by atoms with E-state index in [1.807, 2.05) is 36.4 Å². The molecule has 0 aliphatic carbocycles. The highest BCUT2D eigenvalue weighted by atomic mass is 16.5. The molecular formula is C19H14N2O3. The van der Waals surface area contributed by atoms with Gasteiger partial charge in [-0.15, -0.1) is 0 Å². The Bertz CT molecular complexity index is 1140. The Hall–Kier alpha value is -3.34. The van der Waals surface area contributed by atoms with Crippen LogP contribution in [-0.4, -0.2) is 23.0 Å². The lowest BCUT2D eigenvalue weighted by Gasteiger charge is -2.10. The number of esters is 1. The summed E-state index contributed by atoms with van der Waals surface area (Å²) in [5.74, 6) is -0.530. The van der Waals surface area contributed by atoms with Crippen LogP contribution in [0.5, 0.6) is 0 Å². The zero-order valence-electron chi connectivity index (χ0n) is 12.9. The minimum absolute atomic E-state index is 0.279. The highest BCUT2D eigenvalue weighted by Gasteiger charge is 2.22. The van der Waals surface area contributed by atoms with Crippen LogP contribution >= 0.6 is 0 Å². The molecule has 24 heavy (non-hydrogen) atoms. The van der Waals surface area contributed by atoms with Gasteiger partial charge in [0, 0.05) is 33.6 Å². The first kappa shape index (κ1) is 14.3. The van der Waals surface area contributed by atoms with Crippen LogP contribution < -0.4 is 5.56 Å². The van der Waals surface area contributed by atoms with Crippen molar-refractivity contribution in [2.75, 3.05) is 7.11 Å². The fraction of sp³-hybridized carbons (Fsp3) is 0.0526. The average molecular weight is 318 g/mol. The number of carbonyl (C=O) groups is 1. The molecule has 0 aliphatic rings. The third kappa shape index (κ3) is 2.02. The third-order valence-corrected chi connectivity index (χ3v) is 4.17. The topological polar surface area (TPSA) is 75.0 Å². The summed E-state index contributed by atoms with van der Waals surface area (Å²) in [6.07, 6.45) is 1.75. The number of rotatable bonds is 2. The highest BCUT2D eigenvalue weighted by molar-refractivity contribution is 6.11. The van der Waals surface area contributed by atoms with Gasteiger partial charge in [0.05, 0.1) is 18.2 Å². The van der Waals surface area contributed by atoms with Crippen molar-refractivity contribution in [3.05, 3.63) is 70.6 Å². The van der Waals surface area contributed by atoms with Crippen LogP contribution in [0.3, 0.4) is 0 Å². The minimum Gasteiger partial charge on any atom is -0.465 e. The maximum atomic E-state index is 12.7. The van der Waals surface area contributed by atoms with Crippen molar-refractivity contribution < 1.29 is 9.53 Å². The predicted molar refractivity (Wildman–Crippen MR) is 93.2 cm³/mol. The minimum atomic E-state index is -0.530. The number of aromatic nitrogens is 2. The third-order valence-electron chi connectivity index (χ3n) is 4.17. The second-order valence-corrected chi connectivity index (χ2v) is 5.49. The molecule has 0 spiro atoms. The summed E-state index contributed by atoms with van der Waals surface area (Å²) < 4.78 is 4.95. The lowest BCUT2D eigenvalue weighted by Crippen LogP contribution is -2.16. The number of para-hydroxylation sites is 2. The van der Waals surface area contributed by atoms with Crippen molar-refractivity contribution in [3.8, 4) is 11.1 Å². The van der Waals surface area contributed by atoms with Crippen LogP contribution in [0, 0.1) is 0 Å². The molecule has 5 heteroatoms. The van der Waals surface area contributed by atoms with E-state index >= 15 is 0 Å². The number of pyridine rings is 1. The number of ether oxygens (including phenoxy) is 1. The van der Waals surface area contributed by atoms with Crippen molar-refractivity contribution in [3.63, 3.8) is 0 Å². The van der Waals surface area contributed by atoms with Crippen LogP contribution in [0.4, 0.5) is 0 Å². The Morgan fingerprint density at radius 1 is 0.958 bits per heavy atom. The lowest BCUT2D eigenvalue weighted by molar-refractivity contribution is 0.0603. The number of nitrogens with one attached hydrogen (secondary N) is 2. The predicted octanol–water partition coefficient (Wildman–Crippen LogP) is 3.46. The van der Waals surface area contributed by atoms with E-state index in [0.29, 0.717) is 22.0 Å². The van der Waals surface area contributed by atoms with Gasteiger partial charge < -0.3 is 14.7 Å². The molecule has 5 nitrogen and oxygen atoms in total. The molecule has 2 heterocycles. The van der Waals surface area contributed by atoms with Gasteiger partial charge in [0.2, 0.25) is 0 Å². The zero-order valence-corrected chi connectivity index (χ0v) is 12.9. The molecule has 4 rings (SSSR count). The van der Waals surface area contributed by atoms with Crippen LogP contribution in [-0.2, 0) is 4.74 Å². The molecule has 0 radical (unpaired) electrons. The molecule has 0 fully saturated rings. The summed E-state index contributed by atoms with van der Waals surface area (Å²) in [6.45, 7) is 0. The summed E-state index contributed by atoms with van der Waals surface area (Å²) in [5, 5.41) is 1.53. The molecule has 0 bridgehead atoms. The average Bonchev–Trinajstić information content (AvgIpc) is 3.03. The number of fused-ring (bicyclic) bond motifs is 2. The Morgan fingerprint density at radius 3 is 2.38 bits per heavy atom. The number of hydrogen-bond acceptors (Lipinski definition) is 3. The normalized spacial score (nSPS) is 11.0. The second-order valence-electron chi connectivity index (χ2n) is 5.49. The van der Waals surface area contributed by atoms with Gasteiger partial charge in [0.25, 0.3) is 5.56 Å². The van der Waals surface area contributed by atoms with E-state index in [4.69, 9.17) is 4.74 Å². The van der Waals surface area contributed by atoms with Gasteiger partial charge in [0.15, 0.2) is 0 Å². The summed E-state index contributed by atoms with van der Waals surface area (Å²) in [6, 6.07) is 14.8. The number of carbonyl (C=O) groups excluding carboxylic acids is 1. The van der Waals surface area contributed by atoms with E-state index in [1.54, 1.807) is 18.3 Å². The summed E-state index contributed by atoms with van der Waals surface area (Å²) in [5.41, 5.74) is 2.46. The van der Waals surface area contributed by atoms with E-state index in [9.17, 15) is 9.59 Å². The number of benzene rings is 2. The van der Waals surface area contributed by atoms with Crippen LogP contribution in [0.25, 0.3) is 32.9 Å². The first-order valence-electron chi connectivity index (χ1n) is 7.50. The molecule has 0 amide bonds. The molecular weight excluding hydrogens is 304 g/mol. The molecule has 2 aromatic carbocycles. The molecule has 0 saturated heterocycles. The second kappa shape index (κ2) is 5.38. The van der Waals surface area contributed by atoms with Crippen molar-refractivity contribution in [2.45, 2.75) is 0 Å². The molecule has 2 N–H and O–H groups in total. The largest absolute Gasteiger partial charge is 0.465 e. The van der Waals surface area contributed by atoms with Crippen molar-refractivity contribution >= 4 is 27.8 Å². The standard InChI is InChI=1S/C19H14N2O3/c1-24-19(23)17-12-7-3-5-9-15(12)21-18(22)16(17)13-10-20-14-8-4-2-6-11(13)14/h2-10,20H,1H3,(H,21,22). The molecule has 0 aliphatic heterocycles. The summed E-state index contributed by atoms with van der Waals surface area (Å²) >= 11 is 0. The fourth-order valence-electron chi connectivity index (χ4n) is 3.09.